The minimum atomic E-state index is -0.534. The van der Waals surface area contributed by atoms with Crippen molar-refractivity contribution in [1.82, 2.24) is 10.2 Å². The summed E-state index contributed by atoms with van der Waals surface area (Å²) in [6.07, 6.45) is 2.45. The van der Waals surface area contributed by atoms with Crippen molar-refractivity contribution in [2.75, 3.05) is 12.3 Å². The fourth-order valence-corrected chi connectivity index (χ4v) is 4.48. The van der Waals surface area contributed by atoms with Gasteiger partial charge in [0.15, 0.2) is 0 Å². The largest absolute Gasteiger partial charge is 0.354 e. The molecular weight excluding hydrogens is 463 g/mol. The van der Waals surface area contributed by atoms with Crippen LogP contribution in [0.15, 0.2) is 42.5 Å². The molecule has 2 aromatic carbocycles. The summed E-state index contributed by atoms with van der Waals surface area (Å²) in [5.41, 5.74) is 3.23. The number of nitrogens with one attached hydrogen (secondary N) is 1. The number of hydrogen-bond donors (Lipinski definition) is 1. The van der Waals surface area contributed by atoms with Gasteiger partial charge < -0.3 is 10.2 Å². The maximum atomic E-state index is 13.2. The maximum Gasteiger partial charge on any atom is 0.242 e. The Hall–Kier alpha value is -1.69. The highest BCUT2D eigenvalue weighted by atomic mass is 35.5. The molecule has 7 heteroatoms. The fourth-order valence-electron chi connectivity index (χ4n) is 3.28. The van der Waals surface area contributed by atoms with Gasteiger partial charge in [-0.2, -0.15) is 0 Å². The van der Waals surface area contributed by atoms with Crippen molar-refractivity contribution in [2.45, 2.75) is 58.4 Å². The molecule has 4 nitrogen and oxygen atoms in total. The molecule has 0 aliphatic carbocycles. The molecule has 2 rings (SSSR count). The second kappa shape index (κ2) is 13.8. The van der Waals surface area contributed by atoms with Crippen LogP contribution in [0.5, 0.6) is 0 Å². The first-order chi connectivity index (χ1) is 15.3. The second-order valence-corrected chi connectivity index (χ2v) is 9.62. The first-order valence-electron chi connectivity index (χ1n) is 11.0. The molecule has 0 spiro atoms. The van der Waals surface area contributed by atoms with Gasteiger partial charge in [0.2, 0.25) is 11.8 Å². The van der Waals surface area contributed by atoms with E-state index in [4.69, 9.17) is 23.2 Å². The zero-order valence-corrected chi connectivity index (χ0v) is 21.3. The van der Waals surface area contributed by atoms with E-state index in [1.54, 1.807) is 28.8 Å². The average molecular weight is 496 g/mol. The lowest BCUT2D eigenvalue weighted by Crippen LogP contribution is -2.49. The average Bonchev–Trinajstić information content (AvgIpc) is 2.77. The summed E-state index contributed by atoms with van der Waals surface area (Å²) in [6, 6.07) is 13.1. The summed E-state index contributed by atoms with van der Waals surface area (Å²) in [4.78, 5) is 27.8. The van der Waals surface area contributed by atoms with Gasteiger partial charge in [0.25, 0.3) is 0 Å². The number of unbranched alkanes of at least 4 members (excludes halogenated alkanes) is 1. The van der Waals surface area contributed by atoms with Gasteiger partial charge in [-0.05, 0) is 43.0 Å². The van der Waals surface area contributed by atoms with Crippen molar-refractivity contribution in [3.8, 4) is 0 Å². The molecular formula is C25H32Cl2N2O2S. The molecule has 1 unspecified atom stereocenters. The molecule has 1 N–H and O–H groups in total. The van der Waals surface area contributed by atoms with Crippen molar-refractivity contribution < 1.29 is 9.59 Å². The summed E-state index contributed by atoms with van der Waals surface area (Å²) >= 11 is 13.8. The molecule has 32 heavy (non-hydrogen) atoms. The summed E-state index contributed by atoms with van der Waals surface area (Å²) in [6.45, 7) is 6.98. The van der Waals surface area contributed by atoms with Gasteiger partial charge in [-0.3, -0.25) is 9.59 Å². The van der Waals surface area contributed by atoms with E-state index >= 15 is 0 Å². The number of amides is 2. The first-order valence-corrected chi connectivity index (χ1v) is 12.9. The zero-order chi connectivity index (χ0) is 23.5. The molecule has 0 aliphatic rings. The Balaban J connectivity index is 2.12. The van der Waals surface area contributed by atoms with Crippen LogP contribution in [0.1, 0.15) is 49.8 Å². The van der Waals surface area contributed by atoms with Gasteiger partial charge in [0, 0.05) is 18.8 Å². The summed E-state index contributed by atoms with van der Waals surface area (Å²) in [7, 11) is 0. The number of benzene rings is 2. The van der Waals surface area contributed by atoms with E-state index in [9.17, 15) is 9.59 Å². The third-order valence-corrected chi connectivity index (χ3v) is 6.89. The molecule has 0 aliphatic heterocycles. The van der Waals surface area contributed by atoms with Crippen molar-refractivity contribution in [3.63, 3.8) is 0 Å². The molecule has 0 bridgehead atoms. The van der Waals surface area contributed by atoms with Gasteiger partial charge in [-0.1, -0.05) is 79.4 Å². The fraction of sp³-hybridized carbons (Fsp3) is 0.440. The molecule has 1 atom stereocenters. The Bertz CT molecular complexity index is 890. The Morgan fingerprint density at radius 3 is 2.34 bits per heavy atom. The Morgan fingerprint density at radius 2 is 1.72 bits per heavy atom. The predicted octanol–water partition coefficient (Wildman–Crippen LogP) is 6.26. The molecule has 2 aromatic rings. The zero-order valence-electron chi connectivity index (χ0n) is 19.0. The van der Waals surface area contributed by atoms with Gasteiger partial charge in [-0.15, -0.1) is 11.8 Å². The lowest BCUT2D eigenvalue weighted by Gasteiger charge is -2.30. The Morgan fingerprint density at radius 1 is 1.03 bits per heavy atom. The number of rotatable bonds is 12. The Kier molecular flexibility index (Phi) is 11.4. The van der Waals surface area contributed by atoms with E-state index in [1.807, 2.05) is 13.0 Å². The minimum Gasteiger partial charge on any atom is -0.354 e. The van der Waals surface area contributed by atoms with E-state index in [-0.39, 0.29) is 11.8 Å². The van der Waals surface area contributed by atoms with Crippen LogP contribution < -0.4 is 5.32 Å². The van der Waals surface area contributed by atoms with Crippen LogP contribution in [0, 0.1) is 6.92 Å². The van der Waals surface area contributed by atoms with Gasteiger partial charge in [0.1, 0.15) is 6.04 Å². The van der Waals surface area contributed by atoms with Crippen molar-refractivity contribution in [3.05, 3.63) is 69.2 Å². The van der Waals surface area contributed by atoms with Crippen LogP contribution >= 0.6 is 35.0 Å². The third-order valence-electron chi connectivity index (χ3n) is 5.17. The van der Waals surface area contributed by atoms with Crippen LogP contribution in [-0.2, 0) is 21.9 Å². The highest BCUT2D eigenvalue weighted by molar-refractivity contribution is 7.99. The Labute approximate surface area is 206 Å². The maximum absolute atomic E-state index is 13.2. The first kappa shape index (κ1) is 26.6. The topological polar surface area (TPSA) is 49.4 Å². The van der Waals surface area contributed by atoms with Crippen molar-refractivity contribution in [2.24, 2.45) is 0 Å². The smallest absolute Gasteiger partial charge is 0.242 e. The number of carbonyl (C=O) groups excluding carboxylic acids is 2. The molecule has 0 aromatic heterocycles. The van der Waals surface area contributed by atoms with Crippen molar-refractivity contribution in [1.29, 1.82) is 0 Å². The number of thioether (sulfide) groups is 1. The lowest BCUT2D eigenvalue weighted by atomic mass is 10.1. The second-order valence-electron chi connectivity index (χ2n) is 7.82. The molecule has 0 saturated carbocycles. The summed E-state index contributed by atoms with van der Waals surface area (Å²) < 4.78 is 0. The van der Waals surface area contributed by atoms with E-state index in [0.717, 1.165) is 24.2 Å². The molecule has 2 amide bonds. The third kappa shape index (κ3) is 8.34. The molecule has 0 radical (unpaired) electrons. The molecule has 0 heterocycles. The predicted molar refractivity (Wildman–Crippen MR) is 136 cm³/mol. The molecule has 174 valence electrons. The summed E-state index contributed by atoms with van der Waals surface area (Å²) in [5.74, 6) is 0.864. The minimum absolute atomic E-state index is 0.0642. The van der Waals surface area contributed by atoms with Crippen LogP contribution in [-0.4, -0.2) is 35.1 Å². The van der Waals surface area contributed by atoms with E-state index in [2.05, 4.69) is 43.4 Å². The molecule has 0 fully saturated rings. The van der Waals surface area contributed by atoms with E-state index < -0.39 is 6.04 Å². The number of nitrogens with zero attached hydrogens (tertiary/aromatic N) is 1. The summed E-state index contributed by atoms with van der Waals surface area (Å²) in [5, 5.41) is 3.88. The quantitative estimate of drug-likeness (QED) is 0.354. The van der Waals surface area contributed by atoms with Gasteiger partial charge >= 0.3 is 0 Å². The monoisotopic (exact) mass is 494 g/mol. The van der Waals surface area contributed by atoms with Gasteiger partial charge in [-0.25, -0.2) is 0 Å². The number of aryl methyl sites for hydroxylation is 1. The standard InChI is InChI=1S/C25H32Cl2N2O2S/c1-4-6-13-28-25(31)23(5-2)29(15-20-11-12-21(26)22(27)14-20)24(30)17-32-16-19-9-7-18(3)8-10-19/h7-12,14,23H,4-6,13,15-17H2,1-3H3,(H,28,31). The normalized spacial score (nSPS) is 11.8. The lowest BCUT2D eigenvalue weighted by molar-refractivity contribution is -0.139. The number of carbonyl (C=O) groups is 2. The highest BCUT2D eigenvalue weighted by Crippen LogP contribution is 2.24. The van der Waals surface area contributed by atoms with Crippen LogP contribution in [0.4, 0.5) is 0 Å². The van der Waals surface area contributed by atoms with E-state index in [1.165, 1.54) is 11.1 Å². The highest BCUT2D eigenvalue weighted by Gasteiger charge is 2.28. The number of halogens is 2. The van der Waals surface area contributed by atoms with Crippen LogP contribution in [0.25, 0.3) is 0 Å². The van der Waals surface area contributed by atoms with Crippen molar-refractivity contribution >= 4 is 46.8 Å². The van der Waals surface area contributed by atoms with Crippen LogP contribution in [0.3, 0.4) is 0 Å². The van der Waals surface area contributed by atoms with E-state index in [0.29, 0.717) is 35.3 Å². The molecule has 0 saturated heterocycles. The van der Waals surface area contributed by atoms with Crippen LogP contribution in [0.2, 0.25) is 10.0 Å². The van der Waals surface area contributed by atoms with Gasteiger partial charge in [0.05, 0.1) is 15.8 Å². The SMILES string of the molecule is CCCCNC(=O)C(CC)N(Cc1ccc(Cl)c(Cl)c1)C(=O)CSCc1ccc(C)cc1. The number of hydrogen-bond acceptors (Lipinski definition) is 3.